The van der Waals surface area contributed by atoms with Crippen molar-refractivity contribution >= 4 is 0 Å². The lowest BCUT2D eigenvalue weighted by Gasteiger charge is -2.05. The standard InChI is InChI=1S/C16H23N3/c1-3-4-13-5-7-14(8-6-13)15-11-18-16(19-15)12(2)9-10-17/h5-8,11-12H,3-4,9-10,17H2,1-2H3,(H,18,19). The molecule has 0 aliphatic heterocycles. The van der Waals surface area contributed by atoms with E-state index in [-0.39, 0.29) is 0 Å². The van der Waals surface area contributed by atoms with Gasteiger partial charge in [-0.1, -0.05) is 44.5 Å². The first-order chi connectivity index (χ1) is 9.24. The molecule has 0 saturated heterocycles. The van der Waals surface area contributed by atoms with E-state index in [1.807, 2.05) is 6.20 Å². The van der Waals surface area contributed by atoms with Gasteiger partial charge < -0.3 is 10.7 Å². The van der Waals surface area contributed by atoms with E-state index in [2.05, 4.69) is 48.1 Å². The van der Waals surface area contributed by atoms with E-state index in [4.69, 9.17) is 5.73 Å². The largest absolute Gasteiger partial charge is 0.342 e. The van der Waals surface area contributed by atoms with Crippen molar-refractivity contribution in [1.82, 2.24) is 9.97 Å². The first-order valence-electron chi connectivity index (χ1n) is 7.09. The molecule has 0 aliphatic rings. The second-order valence-electron chi connectivity index (χ2n) is 5.11. The molecule has 2 aromatic rings. The van der Waals surface area contributed by atoms with Crippen LogP contribution < -0.4 is 5.73 Å². The van der Waals surface area contributed by atoms with Gasteiger partial charge in [-0.3, -0.25) is 0 Å². The van der Waals surface area contributed by atoms with E-state index in [1.54, 1.807) is 0 Å². The van der Waals surface area contributed by atoms with Crippen LogP contribution in [-0.4, -0.2) is 16.5 Å². The molecule has 2 rings (SSSR count). The number of nitrogens with two attached hydrogens (primary N) is 1. The molecule has 0 bridgehead atoms. The van der Waals surface area contributed by atoms with Gasteiger partial charge in [0, 0.05) is 5.92 Å². The normalized spacial score (nSPS) is 12.6. The van der Waals surface area contributed by atoms with Gasteiger partial charge in [-0.2, -0.15) is 0 Å². The van der Waals surface area contributed by atoms with E-state index >= 15 is 0 Å². The maximum absolute atomic E-state index is 5.59. The van der Waals surface area contributed by atoms with Crippen molar-refractivity contribution in [2.45, 2.75) is 39.0 Å². The molecule has 1 aromatic carbocycles. The molecule has 0 amide bonds. The van der Waals surface area contributed by atoms with Crippen molar-refractivity contribution in [1.29, 1.82) is 0 Å². The van der Waals surface area contributed by atoms with Crippen LogP contribution in [0.2, 0.25) is 0 Å². The Labute approximate surface area is 115 Å². The van der Waals surface area contributed by atoms with Crippen LogP contribution >= 0.6 is 0 Å². The number of nitrogens with one attached hydrogen (secondary N) is 1. The highest BCUT2D eigenvalue weighted by Gasteiger charge is 2.09. The molecule has 1 aromatic heterocycles. The lowest BCUT2D eigenvalue weighted by atomic mass is 10.1. The molecule has 0 saturated carbocycles. The molecule has 3 N–H and O–H groups in total. The highest BCUT2D eigenvalue weighted by molar-refractivity contribution is 5.58. The lowest BCUT2D eigenvalue weighted by molar-refractivity contribution is 0.655. The fourth-order valence-electron chi connectivity index (χ4n) is 2.26. The summed E-state index contributed by atoms with van der Waals surface area (Å²) in [6, 6.07) is 8.72. The number of imidazole rings is 1. The molecule has 0 aliphatic carbocycles. The number of rotatable bonds is 6. The molecular formula is C16H23N3. The zero-order valence-corrected chi connectivity index (χ0v) is 11.8. The van der Waals surface area contributed by atoms with Gasteiger partial charge in [0.2, 0.25) is 0 Å². The molecule has 0 spiro atoms. The summed E-state index contributed by atoms with van der Waals surface area (Å²) >= 11 is 0. The highest BCUT2D eigenvalue weighted by atomic mass is 14.9. The van der Waals surface area contributed by atoms with E-state index < -0.39 is 0 Å². The van der Waals surface area contributed by atoms with Gasteiger partial charge in [0.05, 0.1) is 11.9 Å². The van der Waals surface area contributed by atoms with Gasteiger partial charge in [-0.15, -0.1) is 0 Å². The Hall–Kier alpha value is -1.61. The maximum atomic E-state index is 5.59. The van der Waals surface area contributed by atoms with Crippen molar-refractivity contribution in [3.8, 4) is 11.3 Å². The van der Waals surface area contributed by atoms with Gasteiger partial charge >= 0.3 is 0 Å². The average Bonchev–Trinajstić information content (AvgIpc) is 2.90. The number of H-pyrrole nitrogens is 1. The number of aromatic amines is 1. The summed E-state index contributed by atoms with van der Waals surface area (Å²) in [6.45, 7) is 5.05. The van der Waals surface area contributed by atoms with Crippen molar-refractivity contribution in [2.75, 3.05) is 6.54 Å². The Bertz CT molecular complexity index is 499. The van der Waals surface area contributed by atoms with Gasteiger partial charge in [0.25, 0.3) is 0 Å². The van der Waals surface area contributed by atoms with Gasteiger partial charge in [-0.25, -0.2) is 4.98 Å². The Morgan fingerprint density at radius 3 is 2.63 bits per heavy atom. The Morgan fingerprint density at radius 1 is 1.26 bits per heavy atom. The monoisotopic (exact) mass is 257 g/mol. The van der Waals surface area contributed by atoms with Crippen LogP contribution in [0.15, 0.2) is 30.5 Å². The predicted octanol–water partition coefficient (Wildman–Crippen LogP) is 3.48. The summed E-state index contributed by atoms with van der Waals surface area (Å²) in [6.07, 6.45) is 5.20. The smallest absolute Gasteiger partial charge is 0.109 e. The Balaban J connectivity index is 2.13. The van der Waals surface area contributed by atoms with Crippen LogP contribution in [0.3, 0.4) is 0 Å². The lowest BCUT2D eigenvalue weighted by Crippen LogP contribution is -2.05. The molecule has 3 nitrogen and oxygen atoms in total. The zero-order valence-electron chi connectivity index (χ0n) is 11.8. The van der Waals surface area contributed by atoms with E-state index in [1.165, 1.54) is 17.5 Å². The predicted molar refractivity (Wildman–Crippen MR) is 80.1 cm³/mol. The van der Waals surface area contributed by atoms with Crippen molar-refractivity contribution in [2.24, 2.45) is 5.73 Å². The first-order valence-corrected chi connectivity index (χ1v) is 7.09. The third kappa shape index (κ3) is 3.44. The fourth-order valence-corrected chi connectivity index (χ4v) is 2.26. The fraction of sp³-hybridized carbons (Fsp3) is 0.438. The van der Waals surface area contributed by atoms with Gasteiger partial charge in [0.15, 0.2) is 0 Å². The molecule has 1 atom stereocenters. The van der Waals surface area contributed by atoms with E-state index in [0.29, 0.717) is 12.5 Å². The molecule has 19 heavy (non-hydrogen) atoms. The number of aryl methyl sites for hydroxylation is 1. The SMILES string of the molecule is CCCc1ccc(-c2cnc(C(C)CCN)[nH]2)cc1. The van der Waals surface area contributed by atoms with Crippen molar-refractivity contribution < 1.29 is 0 Å². The number of aromatic nitrogens is 2. The third-order valence-corrected chi connectivity index (χ3v) is 3.47. The summed E-state index contributed by atoms with van der Waals surface area (Å²) < 4.78 is 0. The summed E-state index contributed by atoms with van der Waals surface area (Å²) in [5, 5.41) is 0. The van der Waals surface area contributed by atoms with Gasteiger partial charge in [0.1, 0.15) is 5.82 Å². The summed E-state index contributed by atoms with van der Waals surface area (Å²) in [4.78, 5) is 7.86. The number of benzene rings is 1. The van der Waals surface area contributed by atoms with Crippen LogP contribution in [0.1, 0.15) is 44.0 Å². The second kappa shape index (κ2) is 6.53. The highest BCUT2D eigenvalue weighted by Crippen LogP contribution is 2.22. The summed E-state index contributed by atoms with van der Waals surface area (Å²) in [7, 11) is 0. The molecule has 102 valence electrons. The molecule has 1 heterocycles. The van der Waals surface area contributed by atoms with E-state index in [9.17, 15) is 0 Å². The van der Waals surface area contributed by atoms with Crippen LogP contribution in [-0.2, 0) is 6.42 Å². The second-order valence-corrected chi connectivity index (χ2v) is 5.11. The quantitative estimate of drug-likeness (QED) is 0.832. The molecule has 0 radical (unpaired) electrons. The minimum atomic E-state index is 0.387. The number of hydrogen-bond donors (Lipinski definition) is 2. The molecule has 3 heteroatoms. The Kier molecular flexibility index (Phi) is 4.74. The minimum Gasteiger partial charge on any atom is -0.342 e. The van der Waals surface area contributed by atoms with Crippen LogP contribution in [0.5, 0.6) is 0 Å². The van der Waals surface area contributed by atoms with Crippen LogP contribution in [0.4, 0.5) is 0 Å². The molecular weight excluding hydrogens is 234 g/mol. The van der Waals surface area contributed by atoms with Crippen molar-refractivity contribution in [3.05, 3.63) is 41.9 Å². The number of nitrogens with zero attached hydrogens (tertiary/aromatic N) is 1. The zero-order chi connectivity index (χ0) is 13.7. The molecule has 0 fully saturated rings. The van der Waals surface area contributed by atoms with Crippen molar-refractivity contribution in [3.63, 3.8) is 0 Å². The van der Waals surface area contributed by atoms with E-state index in [0.717, 1.165) is 24.4 Å². The number of hydrogen-bond acceptors (Lipinski definition) is 2. The van der Waals surface area contributed by atoms with Crippen LogP contribution in [0, 0.1) is 0 Å². The summed E-state index contributed by atoms with van der Waals surface area (Å²) in [5.74, 6) is 1.41. The third-order valence-electron chi connectivity index (χ3n) is 3.47. The van der Waals surface area contributed by atoms with Gasteiger partial charge in [-0.05, 0) is 30.5 Å². The molecule has 1 unspecified atom stereocenters. The van der Waals surface area contributed by atoms with Crippen LogP contribution in [0.25, 0.3) is 11.3 Å². The minimum absolute atomic E-state index is 0.387. The first kappa shape index (κ1) is 13.8. The summed E-state index contributed by atoms with van der Waals surface area (Å²) in [5.41, 5.74) is 9.26. The Morgan fingerprint density at radius 2 is 2.00 bits per heavy atom. The maximum Gasteiger partial charge on any atom is 0.109 e. The topological polar surface area (TPSA) is 54.7 Å². The average molecular weight is 257 g/mol.